The van der Waals surface area contributed by atoms with E-state index >= 15 is 0 Å². The molecule has 1 heterocycles. The van der Waals surface area contributed by atoms with Crippen LogP contribution < -0.4 is 10.6 Å². The monoisotopic (exact) mass is 374 g/mol. The van der Waals surface area contributed by atoms with Crippen molar-refractivity contribution in [1.82, 2.24) is 15.5 Å². The third kappa shape index (κ3) is 6.55. The van der Waals surface area contributed by atoms with Gasteiger partial charge in [-0.25, -0.2) is 0 Å². The number of nitrogens with one attached hydrogen (secondary N) is 2. The Kier molecular flexibility index (Phi) is 8.21. The number of anilines is 1. The van der Waals surface area contributed by atoms with E-state index < -0.39 is 6.04 Å². The minimum absolute atomic E-state index is 0.0913. The van der Waals surface area contributed by atoms with Crippen molar-refractivity contribution in [2.75, 3.05) is 5.32 Å². The average molecular weight is 375 g/mol. The minimum atomic E-state index is -0.609. The van der Waals surface area contributed by atoms with Crippen LogP contribution >= 0.6 is 11.3 Å². The Morgan fingerprint density at radius 3 is 2.54 bits per heavy atom. The molecule has 2 amide bonds. The largest absolute Gasteiger partial charge is 0.345 e. The number of carbonyl (C=O) groups excluding carboxylic acids is 2. The van der Waals surface area contributed by atoms with Crippen molar-refractivity contribution in [2.24, 2.45) is 0 Å². The van der Waals surface area contributed by atoms with E-state index in [1.54, 1.807) is 6.92 Å². The number of benzene rings is 1. The predicted octanol–water partition coefficient (Wildman–Crippen LogP) is 4.01. The Labute approximate surface area is 158 Å². The molecule has 2 N–H and O–H groups in total. The van der Waals surface area contributed by atoms with Crippen LogP contribution in [0.1, 0.15) is 52.4 Å². The molecule has 0 saturated heterocycles. The van der Waals surface area contributed by atoms with Crippen LogP contribution in [-0.4, -0.2) is 28.1 Å². The summed E-state index contributed by atoms with van der Waals surface area (Å²) in [5, 5.41) is 14.7. The average Bonchev–Trinajstić information content (AvgIpc) is 3.10. The summed E-state index contributed by atoms with van der Waals surface area (Å²) in [7, 11) is 0. The second-order valence-electron chi connectivity index (χ2n) is 6.22. The maximum Gasteiger partial charge on any atom is 0.248 e. The first kappa shape index (κ1) is 20.0. The number of rotatable bonds is 10. The lowest BCUT2D eigenvalue weighted by Crippen LogP contribution is -2.41. The van der Waals surface area contributed by atoms with E-state index in [4.69, 9.17) is 0 Å². The molecular formula is C19H26N4O2S. The molecule has 7 heteroatoms. The van der Waals surface area contributed by atoms with Gasteiger partial charge in [0.05, 0.1) is 0 Å². The van der Waals surface area contributed by atoms with Crippen molar-refractivity contribution >= 4 is 28.3 Å². The van der Waals surface area contributed by atoms with Gasteiger partial charge in [0.2, 0.25) is 16.9 Å². The van der Waals surface area contributed by atoms with E-state index in [2.05, 4.69) is 27.8 Å². The summed E-state index contributed by atoms with van der Waals surface area (Å²) >= 11 is 1.31. The van der Waals surface area contributed by atoms with Crippen molar-refractivity contribution in [3.8, 4) is 10.6 Å². The Morgan fingerprint density at radius 1 is 1.08 bits per heavy atom. The molecular weight excluding hydrogens is 348 g/mol. The van der Waals surface area contributed by atoms with Crippen molar-refractivity contribution in [1.29, 1.82) is 0 Å². The molecule has 0 saturated carbocycles. The van der Waals surface area contributed by atoms with Gasteiger partial charge in [-0.15, -0.1) is 10.2 Å². The molecule has 1 atom stereocenters. The van der Waals surface area contributed by atoms with Gasteiger partial charge in [0, 0.05) is 12.0 Å². The first-order valence-electron chi connectivity index (χ1n) is 9.09. The standard InChI is InChI=1S/C19H26N4O2S/c1-3-4-5-6-10-13-16(24)20-14(2)17(25)21-19-23-22-18(26-19)15-11-8-7-9-12-15/h7-9,11-12,14H,3-6,10,13H2,1-2H3,(H,20,24)(H,21,23,25). The summed E-state index contributed by atoms with van der Waals surface area (Å²) in [6, 6.07) is 9.05. The van der Waals surface area contributed by atoms with Crippen LogP contribution in [0.3, 0.4) is 0 Å². The van der Waals surface area contributed by atoms with Crippen molar-refractivity contribution in [2.45, 2.75) is 58.4 Å². The summed E-state index contributed by atoms with van der Waals surface area (Å²) in [4.78, 5) is 24.1. The second kappa shape index (κ2) is 10.7. The number of carbonyl (C=O) groups is 2. The highest BCUT2D eigenvalue weighted by molar-refractivity contribution is 7.18. The summed E-state index contributed by atoms with van der Waals surface area (Å²) < 4.78 is 0. The number of amides is 2. The SMILES string of the molecule is CCCCCCCC(=O)NC(C)C(=O)Nc1nnc(-c2ccccc2)s1. The van der Waals surface area contributed by atoms with E-state index in [0.717, 1.165) is 29.8 Å². The second-order valence-corrected chi connectivity index (χ2v) is 7.20. The molecule has 6 nitrogen and oxygen atoms in total. The molecule has 0 aliphatic carbocycles. The number of unbranched alkanes of at least 4 members (excludes halogenated alkanes) is 4. The van der Waals surface area contributed by atoms with E-state index in [1.165, 1.54) is 24.2 Å². The molecule has 2 aromatic rings. The summed E-state index contributed by atoms with van der Waals surface area (Å²) in [6.07, 6.45) is 5.90. The molecule has 26 heavy (non-hydrogen) atoms. The lowest BCUT2D eigenvalue weighted by molar-refractivity contribution is -0.126. The maximum atomic E-state index is 12.2. The fourth-order valence-electron chi connectivity index (χ4n) is 2.45. The van der Waals surface area contributed by atoms with Crippen LogP contribution in [0.25, 0.3) is 10.6 Å². The van der Waals surface area contributed by atoms with E-state index in [1.807, 2.05) is 30.3 Å². The van der Waals surface area contributed by atoms with Gasteiger partial charge in [-0.3, -0.25) is 14.9 Å². The molecule has 2 rings (SSSR count). The lowest BCUT2D eigenvalue weighted by atomic mass is 10.1. The maximum absolute atomic E-state index is 12.2. The van der Waals surface area contributed by atoms with Gasteiger partial charge < -0.3 is 5.32 Å². The Bertz CT molecular complexity index is 703. The van der Waals surface area contributed by atoms with E-state index in [0.29, 0.717) is 11.6 Å². The summed E-state index contributed by atoms with van der Waals surface area (Å²) in [6.45, 7) is 3.83. The van der Waals surface area contributed by atoms with Gasteiger partial charge >= 0.3 is 0 Å². The Hall–Kier alpha value is -2.28. The van der Waals surface area contributed by atoms with Crippen LogP contribution in [0, 0.1) is 0 Å². The molecule has 0 spiro atoms. The molecule has 0 aliphatic rings. The van der Waals surface area contributed by atoms with Crippen molar-refractivity contribution in [3.05, 3.63) is 30.3 Å². The third-order valence-electron chi connectivity index (χ3n) is 3.95. The zero-order valence-corrected chi connectivity index (χ0v) is 16.1. The predicted molar refractivity (Wildman–Crippen MR) is 105 cm³/mol. The summed E-state index contributed by atoms with van der Waals surface area (Å²) in [5.74, 6) is -0.383. The van der Waals surface area contributed by atoms with Gasteiger partial charge in [-0.1, -0.05) is 74.3 Å². The summed E-state index contributed by atoms with van der Waals surface area (Å²) in [5.41, 5.74) is 0.954. The fraction of sp³-hybridized carbons (Fsp3) is 0.474. The quantitative estimate of drug-likeness (QED) is 0.616. The topological polar surface area (TPSA) is 84.0 Å². The van der Waals surface area contributed by atoms with Gasteiger partial charge in [-0.2, -0.15) is 0 Å². The molecule has 0 bridgehead atoms. The molecule has 140 valence electrons. The van der Waals surface area contributed by atoms with Gasteiger partial charge in [0.1, 0.15) is 11.0 Å². The third-order valence-corrected chi connectivity index (χ3v) is 4.84. The van der Waals surface area contributed by atoms with Crippen LogP contribution in [0.2, 0.25) is 0 Å². The number of nitrogens with zero attached hydrogens (tertiary/aromatic N) is 2. The van der Waals surface area contributed by atoms with Crippen LogP contribution in [0.5, 0.6) is 0 Å². The molecule has 0 aliphatic heterocycles. The number of aromatic nitrogens is 2. The zero-order valence-electron chi connectivity index (χ0n) is 15.3. The highest BCUT2D eigenvalue weighted by atomic mass is 32.1. The molecule has 1 unspecified atom stereocenters. The Balaban J connectivity index is 1.76. The lowest BCUT2D eigenvalue weighted by Gasteiger charge is -2.12. The van der Waals surface area contributed by atoms with Crippen LogP contribution in [-0.2, 0) is 9.59 Å². The molecule has 0 radical (unpaired) electrons. The van der Waals surface area contributed by atoms with Gasteiger partial charge in [0.15, 0.2) is 0 Å². The Morgan fingerprint density at radius 2 is 1.81 bits per heavy atom. The highest BCUT2D eigenvalue weighted by Crippen LogP contribution is 2.25. The van der Waals surface area contributed by atoms with Crippen molar-refractivity contribution < 1.29 is 9.59 Å². The van der Waals surface area contributed by atoms with Crippen LogP contribution in [0.4, 0.5) is 5.13 Å². The van der Waals surface area contributed by atoms with Crippen LogP contribution in [0.15, 0.2) is 30.3 Å². The fourth-order valence-corrected chi connectivity index (χ4v) is 3.21. The smallest absolute Gasteiger partial charge is 0.248 e. The van der Waals surface area contributed by atoms with Crippen molar-refractivity contribution in [3.63, 3.8) is 0 Å². The number of hydrogen-bond acceptors (Lipinski definition) is 5. The molecule has 1 aromatic heterocycles. The van der Waals surface area contributed by atoms with E-state index in [9.17, 15) is 9.59 Å². The molecule has 0 fully saturated rings. The first-order chi connectivity index (χ1) is 12.6. The van der Waals surface area contributed by atoms with Gasteiger partial charge in [-0.05, 0) is 13.3 Å². The zero-order chi connectivity index (χ0) is 18.8. The first-order valence-corrected chi connectivity index (χ1v) is 9.91. The van der Waals surface area contributed by atoms with E-state index in [-0.39, 0.29) is 11.8 Å². The molecule has 1 aromatic carbocycles. The highest BCUT2D eigenvalue weighted by Gasteiger charge is 2.17. The normalized spacial score (nSPS) is 11.8. The van der Waals surface area contributed by atoms with Gasteiger partial charge in [0.25, 0.3) is 0 Å². The number of hydrogen-bond donors (Lipinski definition) is 2. The minimum Gasteiger partial charge on any atom is -0.345 e.